The highest BCUT2D eigenvalue weighted by molar-refractivity contribution is 5.70. The molecule has 0 aliphatic heterocycles. The van der Waals surface area contributed by atoms with Crippen molar-refractivity contribution in [3.8, 4) is 0 Å². The fourth-order valence-corrected chi connectivity index (χ4v) is 7.53. The number of esters is 2. The predicted octanol–water partition coefficient (Wildman–Crippen LogP) is 13.4. The molecule has 0 saturated heterocycles. The van der Waals surface area contributed by atoms with Gasteiger partial charge in [0.15, 0.2) is 6.10 Å². The first-order valence-electron chi connectivity index (χ1n) is 25.7. The molecule has 0 fully saturated rings. The van der Waals surface area contributed by atoms with E-state index in [1.165, 1.54) is 116 Å². The number of hydrogen-bond donors (Lipinski definition) is 0. The Morgan fingerprint density at radius 1 is 0.500 bits per heavy atom. The van der Waals surface area contributed by atoms with E-state index in [2.05, 4.69) is 62.5 Å². The van der Waals surface area contributed by atoms with Gasteiger partial charge in [0.05, 0.1) is 40.3 Å². The number of carbonyl (C=O) groups is 3. The third kappa shape index (κ3) is 42.6. The summed E-state index contributed by atoms with van der Waals surface area (Å²) in [6.07, 6.45) is 54.2. The van der Waals surface area contributed by atoms with Crippen molar-refractivity contribution in [2.24, 2.45) is 0 Å². The molecule has 2 atom stereocenters. The average Bonchev–Trinajstić information content (AvgIpc) is 3.23. The molecule has 0 bridgehead atoms. The monoisotopic (exact) mass is 872 g/mol. The normalized spacial score (nSPS) is 13.2. The molecule has 0 rings (SSSR count). The Labute approximate surface area is 382 Å². The highest BCUT2D eigenvalue weighted by Crippen LogP contribution is 2.16. The molecule has 0 aromatic heterocycles. The molecule has 0 N–H and O–H groups in total. The molecule has 8 heteroatoms. The second kappa shape index (κ2) is 44.9. The lowest BCUT2D eigenvalue weighted by Gasteiger charge is -2.34. The molecule has 8 nitrogen and oxygen atoms in total. The standard InChI is InChI=1S/C54H97NO7/c1-6-8-10-12-14-16-18-20-22-24-26-28-30-32-34-36-38-40-42-44-52(56)61-49-50(48-60-47-46-51(54(58)59)55(3,4)5)62-53(57)45-43-41-39-37-35-33-31-29-27-25-23-21-19-17-15-13-11-9-7-2/h9,11,15,17,21,23,27,29,50-51H,6-8,10,12-14,16,18-20,22,24-26,28,30-49H2,1-5H3/b11-9-,17-15-,23-21-,29-27-. The van der Waals surface area contributed by atoms with Gasteiger partial charge in [0.1, 0.15) is 12.6 Å². The van der Waals surface area contributed by atoms with Crippen molar-refractivity contribution in [1.29, 1.82) is 0 Å². The Hall–Kier alpha value is -2.71. The lowest BCUT2D eigenvalue weighted by atomic mass is 10.0. The Morgan fingerprint density at radius 2 is 0.903 bits per heavy atom. The maximum absolute atomic E-state index is 12.8. The van der Waals surface area contributed by atoms with Crippen LogP contribution in [0.1, 0.15) is 226 Å². The zero-order valence-electron chi connectivity index (χ0n) is 41.0. The lowest BCUT2D eigenvalue weighted by Crippen LogP contribution is -2.55. The first-order chi connectivity index (χ1) is 30.1. The van der Waals surface area contributed by atoms with Crippen LogP contribution in [0.15, 0.2) is 48.6 Å². The van der Waals surface area contributed by atoms with Gasteiger partial charge in [-0.25, -0.2) is 0 Å². The molecule has 0 aromatic rings. The molecule has 0 saturated carbocycles. The highest BCUT2D eigenvalue weighted by atomic mass is 16.6. The van der Waals surface area contributed by atoms with Crippen molar-refractivity contribution in [2.75, 3.05) is 41.0 Å². The van der Waals surface area contributed by atoms with Crippen LogP contribution in [0, 0.1) is 0 Å². The van der Waals surface area contributed by atoms with Crippen LogP contribution in [0.4, 0.5) is 0 Å². The van der Waals surface area contributed by atoms with Crippen LogP contribution in [0.5, 0.6) is 0 Å². The van der Waals surface area contributed by atoms with Crippen LogP contribution in [0.25, 0.3) is 0 Å². The SMILES string of the molecule is CC/C=C\C/C=C\C/C=C\C/C=C\CCCCCCCCC(=O)OC(COCCC(C(=O)[O-])[N+](C)(C)C)COC(=O)CCCCCCCCCCCCCCCCCCCCC. The topological polar surface area (TPSA) is 102 Å². The van der Waals surface area contributed by atoms with Crippen LogP contribution in [0.2, 0.25) is 0 Å². The van der Waals surface area contributed by atoms with Crippen molar-refractivity contribution in [3.63, 3.8) is 0 Å². The van der Waals surface area contributed by atoms with Gasteiger partial charge < -0.3 is 28.6 Å². The van der Waals surface area contributed by atoms with Gasteiger partial charge >= 0.3 is 11.9 Å². The van der Waals surface area contributed by atoms with E-state index in [9.17, 15) is 19.5 Å². The number of quaternary nitrogens is 1. The van der Waals surface area contributed by atoms with Crippen molar-refractivity contribution in [1.82, 2.24) is 0 Å². The van der Waals surface area contributed by atoms with E-state index < -0.39 is 18.1 Å². The van der Waals surface area contributed by atoms with Crippen molar-refractivity contribution in [3.05, 3.63) is 48.6 Å². The number of carbonyl (C=O) groups excluding carboxylic acids is 3. The van der Waals surface area contributed by atoms with Gasteiger partial charge in [-0.2, -0.15) is 0 Å². The number of aliphatic carboxylic acids is 1. The molecule has 0 radical (unpaired) electrons. The Morgan fingerprint density at radius 3 is 1.34 bits per heavy atom. The van der Waals surface area contributed by atoms with Gasteiger partial charge in [-0.1, -0.05) is 204 Å². The van der Waals surface area contributed by atoms with E-state index in [4.69, 9.17) is 14.2 Å². The minimum absolute atomic E-state index is 0.0362. The quantitative estimate of drug-likeness (QED) is 0.0260. The zero-order chi connectivity index (χ0) is 45.6. The van der Waals surface area contributed by atoms with Gasteiger partial charge in [0, 0.05) is 19.3 Å². The third-order valence-corrected chi connectivity index (χ3v) is 11.5. The highest BCUT2D eigenvalue weighted by Gasteiger charge is 2.25. The second-order valence-electron chi connectivity index (χ2n) is 18.4. The number of hydrogen-bond acceptors (Lipinski definition) is 7. The number of carboxylic acids is 1. The summed E-state index contributed by atoms with van der Waals surface area (Å²) in [5.41, 5.74) is 0. The minimum atomic E-state index is -1.13. The van der Waals surface area contributed by atoms with Gasteiger partial charge in [-0.05, 0) is 51.4 Å². The van der Waals surface area contributed by atoms with Crippen molar-refractivity contribution < 1.29 is 38.2 Å². The number of likely N-dealkylation sites (N-methyl/N-ethyl adjacent to an activating group) is 1. The summed E-state index contributed by atoms with van der Waals surface area (Å²) in [4.78, 5) is 37.0. The van der Waals surface area contributed by atoms with E-state index in [0.717, 1.165) is 77.0 Å². The van der Waals surface area contributed by atoms with Crippen LogP contribution < -0.4 is 5.11 Å². The molecule has 62 heavy (non-hydrogen) atoms. The van der Waals surface area contributed by atoms with Gasteiger partial charge in [0.25, 0.3) is 0 Å². The number of nitrogens with zero attached hydrogens (tertiary/aromatic N) is 1. The Kier molecular flexibility index (Phi) is 42.9. The van der Waals surface area contributed by atoms with Gasteiger partial charge in [-0.3, -0.25) is 9.59 Å². The number of carboxylic acid groups (broad SMARTS) is 1. The minimum Gasteiger partial charge on any atom is -0.544 e. The summed E-state index contributed by atoms with van der Waals surface area (Å²) in [5.74, 6) is -1.74. The molecule has 0 aromatic carbocycles. The fraction of sp³-hybridized carbons (Fsp3) is 0.796. The fourth-order valence-electron chi connectivity index (χ4n) is 7.53. The summed E-state index contributed by atoms with van der Waals surface area (Å²) in [6, 6.07) is -0.729. The number of allylic oxidation sites excluding steroid dienone is 8. The summed E-state index contributed by atoms with van der Waals surface area (Å²) in [5, 5.41) is 11.7. The zero-order valence-corrected chi connectivity index (χ0v) is 41.0. The van der Waals surface area contributed by atoms with Crippen LogP contribution in [-0.2, 0) is 28.6 Å². The van der Waals surface area contributed by atoms with Gasteiger partial charge in [0.2, 0.25) is 0 Å². The van der Waals surface area contributed by atoms with Crippen LogP contribution in [-0.4, -0.2) is 75.5 Å². The van der Waals surface area contributed by atoms with Gasteiger partial charge in [-0.15, -0.1) is 0 Å². The van der Waals surface area contributed by atoms with Crippen LogP contribution >= 0.6 is 0 Å². The van der Waals surface area contributed by atoms with E-state index in [1.54, 1.807) is 21.1 Å². The number of rotatable bonds is 46. The molecule has 0 aliphatic carbocycles. The first kappa shape index (κ1) is 59.3. The average molecular weight is 872 g/mol. The first-order valence-corrected chi connectivity index (χ1v) is 25.7. The predicted molar refractivity (Wildman–Crippen MR) is 259 cm³/mol. The molecular formula is C54H97NO7. The summed E-state index contributed by atoms with van der Waals surface area (Å²) >= 11 is 0. The van der Waals surface area contributed by atoms with Crippen LogP contribution in [0.3, 0.4) is 0 Å². The maximum Gasteiger partial charge on any atom is 0.306 e. The molecule has 0 aliphatic rings. The molecule has 0 spiro atoms. The van der Waals surface area contributed by atoms with Crippen molar-refractivity contribution >= 4 is 17.9 Å². The Bertz CT molecular complexity index is 1150. The summed E-state index contributed by atoms with van der Waals surface area (Å²) < 4.78 is 17.2. The molecule has 360 valence electrons. The van der Waals surface area contributed by atoms with E-state index >= 15 is 0 Å². The van der Waals surface area contributed by atoms with Crippen molar-refractivity contribution in [2.45, 2.75) is 238 Å². The van der Waals surface area contributed by atoms with E-state index in [0.29, 0.717) is 12.8 Å². The van der Waals surface area contributed by atoms with E-state index in [-0.39, 0.29) is 42.7 Å². The summed E-state index contributed by atoms with van der Waals surface area (Å²) in [7, 11) is 5.41. The summed E-state index contributed by atoms with van der Waals surface area (Å²) in [6.45, 7) is 4.56. The molecule has 0 amide bonds. The molecule has 0 heterocycles. The lowest BCUT2D eigenvalue weighted by molar-refractivity contribution is -0.889. The third-order valence-electron chi connectivity index (χ3n) is 11.5. The molecule has 2 unspecified atom stereocenters. The smallest absolute Gasteiger partial charge is 0.306 e. The van der Waals surface area contributed by atoms with E-state index in [1.807, 2.05) is 0 Å². The Balaban J connectivity index is 4.26. The number of ether oxygens (including phenoxy) is 3. The maximum atomic E-state index is 12.8. The largest absolute Gasteiger partial charge is 0.544 e. The number of unbranched alkanes of at least 4 members (excludes halogenated alkanes) is 24. The molecular weight excluding hydrogens is 775 g/mol. The second-order valence-corrected chi connectivity index (χ2v) is 18.4.